The zero-order chi connectivity index (χ0) is 17.2. The van der Waals surface area contributed by atoms with Gasteiger partial charge >= 0.3 is 0 Å². The van der Waals surface area contributed by atoms with Crippen LogP contribution in [-0.2, 0) is 5.41 Å². The van der Waals surface area contributed by atoms with Crippen LogP contribution >= 0.6 is 0 Å². The van der Waals surface area contributed by atoms with Crippen molar-refractivity contribution in [3.63, 3.8) is 0 Å². The second kappa shape index (κ2) is 20.5. The average molecular weight is 284 g/mol. The third-order valence-corrected chi connectivity index (χ3v) is 1.64. The molecule has 1 heteroatoms. The van der Waals surface area contributed by atoms with Gasteiger partial charge in [0.05, 0.1) is 0 Å². The summed E-state index contributed by atoms with van der Waals surface area (Å²) in [6, 6.07) is 10.6. The van der Waals surface area contributed by atoms with E-state index < -0.39 is 0 Å². The zero-order valence-electron chi connectivity index (χ0n) is 16.3. The molecule has 1 aromatic rings. The SMILES string of the molecule is CC.CC.CC.CC(C)(C)c1ccccc1.CN(C)C. The van der Waals surface area contributed by atoms with Crippen molar-refractivity contribution in [2.45, 2.75) is 67.7 Å². The molecule has 20 heavy (non-hydrogen) atoms. The summed E-state index contributed by atoms with van der Waals surface area (Å²) in [5.41, 5.74) is 1.69. The van der Waals surface area contributed by atoms with Crippen LogP contribution in [0.25, 0.3) is 0 Å². The molecule has 0 heterocycles. The number of hydrogen-bond acceptors (Lipinski definition) is 1. The first-order chi connectivity index (χ1) is 9.34. The fourth-order valence-electron chi connectivity index (χ4n) is 0.938. The van der Waals surface area contributed by atoms with Crippen LogP contribution in [0.1, 0.15) is 67.9 Å². The fourth-order valence-corrected chi connectivity index (χ4v) is 0.938. The van der Waals surface area contributed by atoms with Crippen molar-refractivity contribution in [3.05, 3.63) is 35.9 Å². The summed E-state index contributed by atoms with van der Waals surface area (Å²) in [4.78, 5) is 2.00. The molecule has 122 valence electrons. The van der Waals surface area contributed by atoms with E-state index >= 15 is 0 Å². The molecule has 0 N–H and O–H groups in total. The lowest BCUT2D eigenvalue weighted by Gasteiger charge is -2.18. The molecule has 0 amide bonds. The van der Waals surface area contributed by atoms with Crippen LogP contribution in [0, 0.1) is 0 Å². The van der Waals surface area contributed by atoms with Gasteiger partial charge < -0.3 is 4.90 Å². The molecule has 0 saturated heterocycles. The van der Waals surface area contributed by atoms with Crippen LogP contribution in [0.3, 0.4) is 0 Å². The highest BCUT2D eigenvalue weighted by atomic mass is 15.0. The highest BCUT2D eigenvalue weighted by Gasteiger charge is 2.11. The van der Waals surface area contributed by atoms with Crippen LogP contribution < -0.4 is 0 Å². The largest absolute Gasteiger partial charge is 0.312 e. The third kappa shape index (κ3) is 25.9. The van der Waals surface area contributed by atoms with Crippen molar-refractivity contribution in [2.75, 3.05) is 21.1 Å². The second-order valence-electron chi connectivity index (χ2n) is 4.96. The van der Waals surface area contributed by atoms with E-state index in [1.54, 1.807) is 0 Å². The predicted octanol–water partition coefficient (Wildman–Crippen LogP) is 6.24. The van der Waals surface area contributed by atoms with Gasteiger partial charge in [0.15, 0.2) is 0 Å². The Morgan fingerprint density at radius 2 is 0.900 bits per heavy atom. The fraction of sp³-hybridized carbons (Fsp3) is 0.684. The molecule has 0 unspecified atom stereocenters. The molecule has 0 fully saturated rings. The van der Waals surface area contributed by atoms with Gasteiger partial charge in [0.2, 0.25) is 0 Å². The lowest BCUT2D eigenvalue weighted by molar-refractivity contribution is 0.505. The Labute approximate surface area is 130 Å². The van der Waals surface area contributed by atoms with Gasteiger partial charge in [-0.3, -0.25) is 0 Å². The van der Waals surface area contributed by atoms with Gasteiger partial charge in [0, 0.05) is 0 Å². The van der Waals surface area contributed by atoms with Crippen molar-refractivity contribution >= 4 is 0 Å². The van der Waals surface area contributed by atoms with Gasteiger partial charge in [-0.1, -0.05) is 92.6 Å². The number of hydrogen-bond donors (Lipinski definition) is 0. The lowest BCUT2D eigenvalue weighted by atomic mass is 9.87. The summed E-state index contributed by atoms with van der Waals surface area (Å²) in [5.74, 6) is 0. The van der Waals surface area contributed by atoms with Crippen molar-refractivity contribution in [3.8, 4) is 0 Å². The standard InChI is InChI=1S/C10H14.C3H9N.3C2H6/c1-10(2,3)9-7-5-4-6-8-9;1-4(2)3;3*1-2/h4-8H,1-3H3;1-3H3;3*1-2H3. The summed E-state index contributed by atoms with van der Waals surface area (Å²) in [6.45, 7) is 18.7. The first-order valence-electron chi connectivity index (χ1n) is 8.00. The van der Waals surface area contributed by atoms with Gasteiger partial charge in [-0.15, -0.1) is 0 Å². The Kier molecular flexibility index (Phi) is 28.2. The Morgan fingerprint density at radius 1 is 0.650 bits per heavy atom. The minimum atomic E-state index is 0.293. The molecule has 0 radical (unpaired) electrons. The quantitative estimate of drug-likeness (QED) is 0.544. The summed E-state index contributed by atoms with van der Waals surface area (Å²) in [5, 5.41) is 0. The van der Waals surface area contributed by atoms with Crippen LogP contribution in [-0.4, -0.2) is 26.0 Å². The Morgan fingerprint density at radius 3 is 1.05 bits per heavy atom. The minimum absolute atomic E-state index is 0.293. The van der Waals surface area contributed by atoms with Crippen LogP contribution in [0.2, 0.25) is 0 Å². The molecule has 1 rings (SSSR count). The van der Waals surface area contributed by atoms with Crippen molar-refractivity contribution < 1.29 is 0 Å². The van der Waals surface area contributed by atoms with E-state index in [0.29, 0.717) is 5.41 Å². The van der Waals surface area contributed by atoms with E-state index in [9.17, 15) is 0 Å². The number of nitrogens with zero attached hydrogens (tertiary/aromatic N) is 1. The summed E-state index contributed by atoms with van der Waals surface area (Å²) in [7, 11) is 6.00. The Bertz CT molecular complexity index is 229. The van der Waals surface area contributed by atoms with Crippen LogP contribution in [0.15, 0.2) is 30.3 Å². The minimum Gasteiger partial charge on any atom is -0.312 e. The van der Waals surface area contributed by atoms with Crippen LogP contribution in [0.5, 0.6) is 0 Å². The zero-order valence-corrected chi connectivity index (χ0v) is 16.3. The maximum absolute atomic E-state index is 2.22. The van der Waals surface area contributed by atoms with E-state index in [0.717, 1.165) is 0 Å². The van der Waals surface area contributed by atoms with E-state index in [-0.39, 0.29) is 0 Å². The maximum Gasteiger partial charge on any atom is -0.0132 e. The molecular formula is C19H41N. The normalized spacial score (nSPS) is 8.45. The molecule has 0 aliphatic carbocycles. The summed E-state index contributed by atoms with van der Waals surface area (Å²) < 4.78 is 0. The van der Waals surface area contributed by atoms with E-state index in [1.165, 1.54) is 5.56 Å². The van der Waals surface area contributed by atoms with Gasteiger partial charge in [-0.2, -0.15) is 0 Å². The maximum atomic E-state index is 2.22. The van der Waals surface area contributed by atoms with Crippen molar-refractivity contribution in [2.24, 2.45) is 0 Å². The molecule has 0 aliphatic rings. The van der Waals surface area contributed by atoms with Crippen molar-refractivity contribution in [1.29, 1.82) is 0 Å². The molecular weight excluding hydrogens is 242 g/mol. The first kappa shape index (κ1) is 27.5. The molecule has 0 bridgehead atoms. The van der Waals surface area contributed by atoms with E-state index in [1.807, 2.05) is 67.6 Å². The predicted molar refractivity (Wildman–Crippen MR) is 98.8 cm³/mol. The number of benzene rings is 1. The van der Waals surface area contributed by atoms with Gasteiger partial charge in [0.1, 0.15) is 0 Å². The smallest absolute Gasteiger partial charge is 0.0132 e. The molecule has 0 saturated carbocycles. The first-order valence-corrected chi connectivity index (χ1v) is 8.00. The monoisotopic (exact) mass is 283 g/mol. The Balaban J connectivity index is -0.000000108. The molecule has 1 nitrogen and oxygen atoms in total. The Hall–Kier alpha value is -0.820. The number of rotatable bonds is 0. The van der Waals surface area contributed by atoms with Gasteiger partial charge in [-0.05, 0) is 32.1 Å². The highest BCUT2D eigenvalue weighted by molar-refractivity contribution is 5.21. The second-order valence-corrected chi connectivity index (χ2v) is 4.96. The van der Waals surface area contributed by atoms with E-state index in [4.69, 9.17) is 0 Å². The highest BCUT2D eigenvalue weighted by Crippen LogP contribution is 2.20. The molecule has 0 aromatic heterocycles. The molecule has 1 aromatic carbocycles. The molecule has 0 spiro atoms. The van der Waals surface area contributed by atoms with E-state index in [2.05, 4.69) is 51.1 Å². The van der Waals surface area contributed by atoms with Gasteiger partial charge in [0.25, 0.3) is 0 Å². The van der Waals surface area contributed by atoms with Gasteiger partial charge in [-0.25, -0.2) is 0 Å². The summed E-state index contributed by atoms with van der Waals surface area (Å²) >= 11 is 0. The topological polar surface area (TPSA) is 3.24 Å². The molecule has 0 aliphatic heterocycles. The lowest BCUT2D eigenvalue weighted by Crippen LogP contribution is -2.10. The third-order valence-electron chi connectivity index (χ3n) is 1.64. The molecule has 0 atom stereocenters. The van der Waals surface area contributed by atoms with Crippen LogP contribution in [0.4, 0.5) is 0 Å². The summed E-state index contributed by atoms with van der Waals surface area (Å²) in [6.07, 6.45) is 0. The van der Waals surface area contributed by atoms with Crippen molar-refractivity contribution in [1.82, 2.24) is 4.90 Å². The average Bonchev–Trinajstić information content (AvgIpc) is 2.45.